The van der Waals surface area contributed by atoms with E-state index in [-0.39, 0.29) is 11.9 Å². The van der Waals surface area contributed by atoms with Gasteiger partial charge in [-0.05, 0) is 25.8 Å². The van der Waals surface area contributed by atoms with E-state index in [1.165, 1.54) is 4.90 Å². The largest absolute Gasteiger partial charge is 0.401 e. The smallest absolute Gasteiger partial charge is 0.388 e. The van der Waals surface area contributed by atoms with Gasteiger partial charge in [0.2, 0.25) is 0 Å². The molecule has 0 aliphatic heterocycles. The van der Waals surface area contributed by atoms with E-state index in [2.05, 4.69) is 0 Å². The zero-order valence-electron chi connectivity index (χ0n) is 8.48. The lowest BCUT2D eigenvalue weighted by Gasteiger charge is -2.23. The lowest BCUT2D eigenvalue weighted by atomic mass is 10.2. The molecule has 0 aromatic carbocycles. The number of amidine groups is 1. The number of nitrogens with one attached hydrogen (secondary N) is 1. The molecule has 1 fully saturated rings. The molecule has 3 nitrogen and oxygen atoms in total. The molecule has 0 amide bonds. The Morgan fingerprint density at radius 1 is 1.40 bits per heavy atom. The summed E-state index contributed by atoms with van der Waals surface area (Å²) in [7, 11) is 0. The molecule has 0 saturated heterocycles. The second kappa shape index (κ2) is 4.83. The molecule has 1 aliphatic carbocycles. The summed E-state index contributed by atoms with van der Waals surface area (Å²) in [4.78, 5) is 1.45. The van der Waals surface area contributed by atoms with Crippen LogP contribution in [-0.2, 0) is 0 Å². The lowest BCUT2D eigenvalue weighted by Crippen LogP contribution is -2.36. The molecule has 88 valence electrons. The fraction of sp³-hybridized carbons (Fsp3) is 0.889. The Balaban J connectivity index is 2.28. The van der Waals surface area contributed by atoms with E-state index < -0.39 is 12.7 Å². The highest BCUT2D eigenvalue weighted by Gasteiger charge is 2.37. The van der Waals surface area contributed by atoms with Crippen molar-refractivity contribution < 1.29 is 13.2 Å². The van der Waals surface area contributed by atoms with E-state index in [1.54, 1.807) is 0 Å². The summed E-state index contributed by atoms with van der Waals surface area (Å²) in [6.45, 7) is -0.459. The predicted octanol–water partition coefficient (Wildman–Crippen LogP) is 1.73. The van der Waals surface area contributed by atoms with E-state index in [4.69, 9.17) is 11.1 Å². The molecule has 15 heavy (non-hydrogen) atoms. The third-order valence-electron chi connectivity index (χ3n) is 2.34. The van der Waals surface area contributed by atoms with Crippen LogP contribution in [0.1, 0.15) is 25.7 Å². The Hall–Kier alpha value is -0.780. The van der Waals surface area contributed by atoms with Gasteiger partial charge in [0.25, 0.3) is 0 Å². The molecule has 0 unspecified atom stereocenters. The Bertz CT molecular complexity index is 223. The number of hydrogen-bond acceptors (Lipinski definition) is 2. The van der Waals surface area contributed by atoms with E-state index in [0.717, 1.165) is 12.8 Å². The summed E-state index contributed by atoms with van der Waals surface area (Å²) in [5.41, 5.74) is 5.14. The van der Waals surface area contributed by atoms with Crippen LogP contribution in [0.5, 0.6) is 0 Å². The van der Waals surface area contributed by atoms with Crippen molar-refractivity contribution in [2.24, 2.45) is 5.73 Å². The lowest BCUT2D eigenvalue weighted by molar-refractivity contribution is -0.147. The zero-order valence-corrected chi connectivity index (χ0v) is 8.48. The van der Waals surface area contributed by atoms with Crippen LogP contribution in [0, 0.1) is 5.41 Å². The van der Waals surface area contributed by atoms with Crippen molar-refractivity contribution >= 4 is 5.84 Å². The first-order valence-corrected chi connectivity index (χ1v) is 5.02. The zero-order chi connectivity index (χ0) is 11.5. The topological polar surface area (TPSA) is 53.1 Å². The van der Waals surface area contributed by atoms with E-state index in [9.17, 15) is 13.2 Å². The van der Waals surface area contributed by atoms with Crippen LogP contribution in [-0.4, -0.2) is 36.0 Å². The second-order valence-corrected chi connectivity index (χ2v) is 3.95. The van der Waals surface area contributed by atoms with Gasteiger partial charge >= 0.3 is 6.18 Å². The summed E-state index contributed by atoms with van der Waals surface area (Å²) in [6, 6.07) is 0.0959. The fourth-order valence-electron chi connectivity index (χ4n) is 1.53. The van der Waals surface area contributed by atoms with Gasteiger partial charge in [0.15, 0.2) is 0 Å². The van der Waals surface area contributed by atoms with Gasteiger partial charge in [-0.2, -0.15) is 13.2 Å². The predicted molar refractivity (Wildman–Crippen MR) is 51.8 cm³/mol. The highest BCUT2D eigenvalue weighted by Crippen LogP contribution is 2.30. The molecule has 0 aromatic rings. The van der Waals surface area contributed by atoms with E-state index in [1.807, 2.05) is 0 Å². The van der Waals surface area contributed by atoms with Crippen LogP contribution >= 0.6 is 0 Å². The van der Waals surface area contributed by atoms with Crippen molar-refractivity contribution in [2.75, 3.05) is 13.1 Å². The first-order valence-electron chi connectivity index (χ1n) is 5.02. The minimum Gasteiger partial charge on any atom is -0.388 e. The first-order chi connectivity index (χ1) is 6.88. The maximum absolute atomic E-state index is 12.2. The standard InChI is InChI=1S/C9H16F3N3/c10-9(11,12)6-15(7-3-4-7)5-1-2-8(13)14/h7H,1-6H2,(H3,13,14). The maximum Gasteiger partial charge on any atom is 0.401 e. The molecule has 3 N–H and O–H groups in total. The van der Waals surface area contributed by atoms with Crippen LogP contribution < -0.4 is 5.73 Å². The van der Waals surface area contributed by atoms with Gasteiger partial charge in [-0.3, -0.25) is 10.3 Å². The number of rotatable bonds is 6. The van der Waals surface area contributed by atoms with Crippen LogP contribution in [0.2, 0.25) is 0 Å². The summed E-state index contributed by atoms with van der Waals surface area (Å²) >= 11 is 0. The molecule has 0 bridgehead atoms. The molecule has 0 heterocycles. The normalized spacial score (nSPS) is 17.1. The minimum absolute atomic E-state index is 0.0396. The van der Waals surface area contributed by atoms with Crippen LogP contribution in [0.4, 0.5) is 13.2 Å². The molecule has 0 atom stereocenters. The molecule has 1 aliphatic rings. The Morgan fingerprint density at radius 3 is 2.40 bits per heavy atom. The van der Waals surface area contributed by atoms with Crippen molar-refractivity contribution in [3.63, 3.8) is 0 Å². The van der Waals surface area contributed by atoms with Gasteiger partial charge in [-0.25, -0.2) is 0 Å². The van der Waals surface area contributed by atoms with Crippen molar-refractivity contribution in [1.29, 1.82) is 5.41 Å². The van der Waals surface area contributed by atoms with Gasteiger partial charge in [-0.1, -0.05) is 0 Å². The highest BCUT2D eigenvalue weighted by molar-refractivity contribution is 5.76. The monoisotopic (exact) mass is 223 g/mol. The van der Waals surface area contributed by atoms with Crippen molar-refractivity contribution in [3.05, 3.63) is 0 Å². The number of nitrogens with zero attached hydrogens (tertiary/aromatic N) is 1. The van der Waals surface area contributed by atoms with Gasteiger partial charge in [0, 0.05) is 12.5 Å². The van der Waals surface area contributed by atoms with E-state index >= 15 is 0 Å². The molecule has 0 radical (unpaired) electrons. The van der Waals surface area contributed by atoms with Crippen molar-refractivity contribution in [3.8, 4) is 0 Å². The maximum atomic E-state index is 12.2. The third-order valence-corrected chi connectivity index (χ3v) is 2.34. The third kappa shape index (κ3) is 5.61. The van der Waals surface area contributed by atoms with Crippen molar-refractivity contribution in [2.45, 2.75) is 37.9 Å². The number of halogens is 3. The van der Waals surface area contributed by atoms with Gasteiger partial charge in [-0.15, -0.1) is 0 Å². The quantitative estimate of drug-likeness (QED) is 0.532. The van der Waals surface area contributed by atoms with E-state index in [0.29, 0.717) is 19.4 Å². The van der Waals surface area contributed by atoms with Crippen LogP contribution in [0.25, 0.3) is 0 Å². The highest BCUT2D eigenvalue weighted by atomic mass is 19.4. The number of hydrogen-bond donors (Lipinski definition) is 2. The average Bonchev–Trinajstić information content (AvgIpc) is 2.81. The SMILES string of the molecule is N=C(N)CCCN(CC(F)(F)F)C1CC1. The molecular weight excluding hydrogens is 207 g/mol. The summed E-state index contributed by atoms with van der Waals surface area (Å²) in [5, 5.41) is 6.98. The van der Waals surface area contributed by atoms with Crippen LogP contribution in [0.3, 0.4) is 0 Å². The first kappa shape index (κ1) is 12.3. The molecular formula is C9H16F3N3. The molecule has 6 heteroatoms. The Kier molecular flexibility index (Phi) is 3.96. The average molecular weight is 223 g/mol. The van der Waals surface area contributed by atoms with Gasteiger partial charge < -0.3 is 5.73 Å². The molecule has 1 saturated carbocycles. The van der Waals surface area contributed by atoms with Gasteiger partial charge in [0.05, 0.1) is 12.4 Å². The second-order valence-electron chi connectivity index (χ2n) is 3.95. The Labute approximate surface area is 86.9 Å². The minimum atomic E-state index is -4.13. The molecule has 0 spiro atoms. The Morgan fingerprint density at radius 2 is 2.00 bits per heavy atom. The molecule has 1 rings (SSSR count). The van der Waals surface area contributed by atoms with Gasteiger partial charge in [0.1, 0.15) is 0 Å². The summed E-state index contributed by atoms with van der Waals surface area (Å²) in [5.74, 6) is 0.0396. The number of alkyl halides is 3. The molecule has 0 aromatic heterocycles. The summed E-state index contributed by atoms with van der Waals surface area (Å²) in [6.07, 6.45) is -1.51. The van der Waals surface area contributed by atoms with Crippen LogP contribution in [0.15, 0.2) is 0 Å². The van der Waals surface area contributed by atoms with Crippen molar-refractivity contribution in [1.82, 2.24) is 4.90 Å². The fourth-order valence-corrected chi connectivity index (χ4v) is 1.53. The summed E-state index contributed by atoms with van der Waals surface area (Å²) < 4.78 is 36.5. The number of nitrogens with two attached hydrogens (primary N) is 1.